The molecule has 7 heteroatoms. The fourth-order valence-electron chi connectivity index (χ4n) is 2.16. The van der Waals surface area contributed by atoms with Crippen LogP contribution >= 0.6 is 0 Å². The van der Waals surface area contributed by atoms with Gasteiger partial charge in [-0.25, -0.2) is 9.67 Å². The van der Waals surface area contributed by atoms with E-state index in [1.807, 2.05) is 37.3 Å². The Balaban J connectivity index is 2.03. The van der Waals surface area contributed by atoms with Crippen molar-refractivity contribution < 1.29 is 9.59 Å². The summed E-state index contributed by atoms with van der Waals surface area (Å²) in [6.07, 6.45) is 3.28. The van der Waals surface area contributed by atoms with Gasteiger partial charge in [0.25, 0.3) is 0 Å². The number of aromatic nitrogens is 3. The van der Waals surface area contributed by atoms with Crippen LogP contribution in [0, 0.1) is 0 Å². The average Bonchev–Trinajstić information content (AvgIpc) is 3.00. The summed E-state index contributed by atoms with van der Waals surface area (Å²) in [6, 6.07) is 9.53. The van der Waals surface area contributed by atoms with Crippen molar-refractivity contribution in [2.75, 3.05) is 13.1 Å². The van der Waals surface area contributed by atoms with Gasteiger partial charge in [-0.05, 0) is 6.42 Å². The van der Waals surface area contributed by atoms with E-state index in [0.29, 0.717) is 12.4 Å². The summed E-state index contributed by atoms with van der Waals surface area (Å²) >= 11 is 0. The molecule has 122 valence electrons. The number of benzene rings is 1. The van der Waals surface area contributed by atoms with Gasteiger partial charge in [-0.3, -0.25) is 9.59 Å². The summed E-state index contributed by atoms with van der Waals surface area (Å²) < 4.78 is 1.48. The lowest BCUT2D eigenvalue weighted by Crippen LogP contribution is -2.40. The van der Waals surface area contributed by atoms with Gasteiger partial charge in [0.15, 0.2) is 5.82 Å². The number of carbonyl (C=O) groups is 2. The zero-order chi connectivity index (χ0) is 16.7. The Morgan fingerprint density at radius 3 is 2.65 bits per heavy atom. The van der Waals surface area contributed by atoms with Crippen LogP contribution in [0.5, 0.6) is 0 Å². The van der Waals surface area contributed by atoms with Crippen molar-refractivity contribution in [3.8, 4) is 11.4 Å². The molecule has 23 heavy (non-hydrogen) atoms. The van der Waals surface area contributed by atoms with Crippen molar-refractivity contribution in [2.45, 2.75) is 26.3 Å². The maximum absolute atomic E-state index is 12.3. The molecule has 7 nitrogen and oxygen atoms in total. The van der Waals surface area contributed by atoms with Gasteiger partial charge in [0.1, 0.15) is 12.9 Å². The highest BCUT2D eigenvalue weighted by Crippen LogP contribution is 2.12. The third-order valence-electron chi connectivity index (χ3n) is 3.35. The Kier molecular flexibility index (Phi) is 5.85. The molecule has 2 amide bonds. The molecular formula is C16H21N5O2. The number of carbonyl (C=O) groups excluding carboxylic acids is 2. The summed E-state index contributed by atoms with van der Waals surface area (Å²) in [5, 5.41) is 4.30. The fourth-order valence-corrected chi connectivity index (χ4v) is 2.16. The van der Waals surface area contributed by atoms with E-state index in [-0.39, 0.29) is 19.0 Å². The number of amides is 2. The van der Waals surface area contributed by atoms with E-state index in [0.717, 1.165) is 18.4 Å². The van der Waals surface area contributed by atoms with E-state index in [1.165, 1.54) is 15.9 Å². The van der Waals surface area contributed by atoms with E-state index in [1.54, 1.807) is 0 Å². The molecule has 0 saturated heterocycles. The maximum Gasteiger partial charge on any atom is 0.244 e. The first-order valence-corrected chi connectivity index (χ1v) is 7.61. The molecule has 0 spiro atoms. The van der Waals surface area contributed by atoms with E-state index in [9.17, 15) is 9.59 Å². The summed E-state index contributed by atoms with van der Waals surface area (Å²) in [7, 11) is 0. The second kappa shape index (κ2) is 8.07. The number of nitrogens with zero attached hydrogens (tertiary/aromatic N) is 4. The smallest absolute Gasteiger partial charge is 0.244 e. The predicted octanol–water partition coefficient (Wildman–Crippen LogP) is 1.06. The molecule has 0 aliphatic rings. The van der Waals surface area contributed by atoms with Crippen molar-refractivity contribution in [3.63, 3.8) is 0 Å². The van der Waals surface area contributed by atoms with Crippen LogP contribution in [-0.2, 0) is 16.1 Å². The van der Waals surface area contributed by atoms with Crippen LogP contribution in [0.4, 0.5) is 0 Å². The Bertz CT molecular complexity index is 654. The highest BCUT2D eigenvalue weighted by atomic mass is 16.2. The van der Waals surface area contributed by atoms with Crippen LogP contribution in [0.2, 0.25) is 0 Å². The Hall–Kier alpha value is -2.70. The summed E-state index contributed by atoms with van der Waals surface area (Å²) in [4.78, 5) is 29.1. The third kappa shape index (κ3) is 4.91. The van der Waals surface area contributed by atoms with Gasteiger partial charge >= 0.3 is 0 Å². The van der Waals surface area contributed by atoms with Crippen molar-refractivity contribution in [2.24, 2.45) is 5.73 Å². The molecule has 2 aromatic rings. The first-order valence-electron chi connectivity index (χ1n) is 7.61. The standard InChI is InChI=1S/C16H21N5O2/c1-2-3-9-20(10-14(17)22)15(23)11-21-12-18-16(19-21)13-7-5-4-6-8-13/h4-8,12H,2-3,9-11H2,1H3,(H2,17,22). The Labute approximate surface area is 135 Å². The number of rotatable bonds is 8. The SMILES string of the molecule is CCCCN(CC(N)=O)C(=O)Cn1cnc(-c2ccccc2)n1. The monoisotopic (exact) mass is 315 g/mol. The van der Waals surface area contributed by atoms with Gasteiger partial charge in [-0.15, -0.1) is 0 Å². The largest absolute Gasteiger partial charge is 0.368 e. The first kappa shape index (κ1) is 16.7. The lowest BCUT2D eigenvalue weighted by molar-refractivity contribution is -0.135. The van der Waals surface area contributed by atoms with Crippen molar-refractivity contribution >= 4 is 11.8 Å². The summed E-state index contributed by atoms with van der Waals surface area (Å²) in [5.41, 5.74) is 6.10. The van der Waals surface area contributed by atoms with Crippen LogP contribution in [0.3, 0.4) is 0 Å². The molecule has 0 saturated carbocycles. The Morgan fingerprint density at radius 1 is 1.26 bits per heavy atom. The van der Waals surface area contributed by atoms with Gasteiger partial charge in [0.05, 0.1) is 6.54 Å². The average molecular weight is 315 g/mol. The van der Waals surface area contributed by atoms with E-state index in [4.69, 9.17) is 5.73 Å². The molecule has 1 heterocycles. The summed E-state index contributed by atoms with van der Waals surface area (Å²) in [6.45, 7) is 2.50. The third-order valence-corrected chi connectivity index (χ3v) is 3.35. The maximum atomic E-state index is 12.3. The zero-order valence-corrected chi connectivity index (χ0v) is 13.2. The van der Waals surface area contributed by atoms with Crippen LogP contribution in [-0.4, -0.2) is 44.6 Å². The molecule has 0 atom stereocenters. The molecule has 2 rings (SSSR count). The van der Waals surface area contributed by atoms with Crippen LogP contribution in [0.15, 0.2) is 36.7 Å². The molecule has 0 aliphatic carbocycles. The van der Waals surface area contributed by atoms with Gasteiger partial charge in [0, 0.05) is 12.1 Å². The molecule has 1 aromatic carbocycles. The Morgan fingerprint density at radius 2 is 2.00 bits per heavy atom. The van der Waals surface area contributed by atoms with Gasteiger partial charge in [0.2, 0.25) is 11.8 Å². The van der Waals surface area contributed by atoms with Crippen molar-refractivity contribution in [1.29, 1.82) is 0 Å². The van der Waals surface area contributed by atoms with E-state index < -0.39 is 5.91 Å². The molecule has 0 bridgehead atoms. The van der Waals surface area contributed by atoms with E-state index >= 15 is 0 Å². The minimum Gasteiger partial charge on any atom is -0.368 e. The second-order valence-corrected chi connectivity index (χ2v) is 5.27. The van der Waals surface area contributed by atoms with Gasteiger partial charge < -0.3 is 10.6 Å². The fraction of sp³-hybridized carbons (Fsp3) is 0.375. The minimum atomic E-state index is -0.516. The molecule has 0 radical (unpaired) electrons. The van der Waals surface area contributed by atoms with Gasteiger partial charge in [-0.2, -0.15) is 5.10 Å². The van der Waals surface area contributed by atoms with Crippen molar-refractivity contribution in [1.82, 2.24) is 19.7 Å². The highest BCUT2D eigenvalue weighted by Gasteiger charge is 2.16. The molecule has 2 N–H and O–H groups in total. The topological polar surface area (TPSA) is 94.1 Å². The summed E-state index contributed by atoms with van der Waals surface area (Å²) in [5.74, 6) is -0.145. The molecule has 0 unspecified atom stereocenters. The highest BCUT2D eigenvalue weighted by molar-refractivity contribution is 5.83. The van der Waals surface area contributed by atoms with Crippen molar-refractivity contribution in [3.05, 3.63) is 36.7 Å². The lowest BCUT2D eigenvalue weighted by Gasteiger charge is -2.20. The minimum absolute atomic E-state index is 0.0385. The van der Waals surface area contributed by atoms with Gasteiger partial charge in [-0.1, -0.05) is 43.7 Å². The zero-order valence-electron chi connectivity index (χ0n) is 13.2. The predicted molar refractivity (Wildman–Crippen MR) is 86.1 cm³/mol. The molecular weight excluding hydrogens is 294 g/mol. The first-order chi connectivity index (χ1) is 11.1. The molecule has 0 fully saturated rings. The number of unbranched alkanes of at least 4 members (excludes halogenated alkanes) is 1. The lowest BCUT2D eigenvalue weighted by atomic mass is 10.2. The molecule has 0 aliphatic heterocycles. The second-order valence-electron chi connectivity index (χ2n) is 5.27. The number of nitrogens with two attached hydrogens (primary N) is 1. The quantitative estimate of drug-likeness (QED) is 0.788. The number of primary amides is 1. The molecule has 1 aromatic heterocycles. The van der Waals surface area contributed by atoms with Crippen LogP contribution < -0.4 is 5.73 Å². The number of hydrogen-bond acceptors (Lipinski definition) is 4. The number of hydrogen-bond donors (Lipinski definition) is 1. The van der Waals surface area contributed by atoms with Crippen LogP contribution in [0.25, 0.3) is 11.4 Å². The van der Waals surface area contributed by atoms with Crippen LogP contribution in [0.1, 0.15) is 19.8 Å². The normalized spacial score (nSPS) is 10.5. The van der Waals surface area contributed by atoms with E-state index in [2.05, 4.69) is 10.1 Å².